The van der Waals surface area contributed by atoms with Gasteiger partial charge in [-0.1, -0.05) is 0 Å². The van der Waals surface area contributed by atoms with Crippen LogP contribution in [0.5, 0.6) is 28.7 Å². The van der Waals surface area contributed by atoms with E-state index in [0.717, 1.165) is 23.3 Å². The molecule has 0 amide bonds. The Morgan fingerprint density at radius 3 is 2.17 bits per heavy atom. The standard InChI is InChI=1S/C17H18O6/c1-9-5-16(23-2)13(20)6-10(9)3-4-12(19)17-14(21)7-11(18)8-15(17)22/h5-8,18,20-22H,3-4H2,1-2H3. The molecule has 122 valence electrons. The first-order valence-electron chi connectivity index (χ1n) is 6.98. The molecule has 0 saturated carbocycles. The molecule has 23 heavy (non-hydrogen) atoms. The number of aromatic hydroxyl groups is 4. The Kier molecular flexibility index (Phi) is 4.64. The first-order valence-corrected chi connectivity index (χ1v) is 6.98. The van der Waals surface area contributed by atoms with E-state index in [2.05, 4.69) is 0 Å². The number of benzene rings is 2. The SMILES string of the molecule is COc1cc(C)c(CCC(=O)c2c(O)cc(O)cc2O)cc1O. The van der Waals surface area contributed by atoms with E-state index in [9.17, 15) is 25.2 Å². The van der Waals surface area contributed by atoms with Gasteiger partial charge in [0.1, 0.15) is 22.8 Å². The van der Waals surface area contributed by atoms with E-state index in [1.54, 1.807) is 6.07 Å². The summed E-state index contributed by atoms with van der Waals surface area (Å²) in [5, 5.41) is 38.5. The van der Waals surface area contributed by atoms with Crippen LogP contribution >= 0.6 is 0 Å². The molecule has 2 aromatic rings. The van der Waals surface area contributed by atoms with Crippen LogP contribution in [0, 0.1) is 6.92 Å². The molecule has 0 aromatic heterocycles. The number of rotatable bonds is 5. The van der Waals surface area contributed by atoms with Crippen molar-refractivity contribution in [2.45, 2.75) is 19.8 Å². The fourth-order valence-electron chi connectivity index (χ4n) is 2.40. The van der Waals surface area contributed by atoms with Crippen LogP contribution < -0.4 is 4.74 Å². The molecule has 0 saturated heterocycles. The normalized spacial score (nSPS) is 10.5. The van der Waals surface area contributed by atoms with Gasteiger partial charge in [0.2, 0.25) is 0 Å². The molecule has 0 aliphatic carbocycles. The summed E-state index contributed by atoms with van der Waals surface area (Å²) in [7, 11) is 1.45. The van der Waals surface area contributed by atoms with Gasteiger partial charge in [0, 0.05) is 18.6 Å². The van der Waals surface area contributed by atoms with Crippen molar-refractivity contribution in [1.29, 1.82) is 0 Å². The highest BCUT2D eigenvalue weighted by molar-refractivity contribution is 6.01. The van der Waals surface area contributed by atoms with Crippen molar-refractivity contribution in [3.8, 4) is 28.7 Å². The van der Waals surface area contributed by atoms with Crippen molar-refractivity contribution in [3.05, 3.63) is 41.0 Å². The average Bonchev–Trinajstić information content (AvgIpc) is 2.46. The number of phenolic OH excluding ortho intramolecular Hbond substituents is 4. The van der Waals surface area contributed by atoms with Crippen LogP contribution in [0.2, 0.25) is 0 Å². The number of Topliss-reactive ketones (excluding diaryl/α,β-unsaturated/α-hetero) is 1. The average molecular weight is 318 g/mol. The molecule has 0 unspecified atom stereocenters. The monoisotopic (exact) mass is 318 g/mol. The maximum Gasteiger partial charge on any atom is 0.170 e. The molecule has 0 heterocycles. The quantitative estimate of drug-likeness (QED) is 0.631. The van der Waals surface area contributed by atoms with Crippen LogP contribution in [0.15, 0.2) is 24.3 Å². The summed E-state index contributed by atoms with van der Waals surface area (Å²) < 4.78 is 5.01. The minimum Gasteiger partial charge on any atom is -0.508 e. The molecular formula is C17H18O6. The third-order valence-corrected chi connectivity index (χ3v) is 3.62. The summed E-state index contributed by atoms with van der Waals surface area (Å²) in [4.78, 5) is 12.2. The van der Waals surface area contributed by atoms with Crippen LogP contribution in [-0.2, 0) is 6.42 Å². The third-order valence-electron chi connectivity index (χ3n) is 3.62. The molecular weight excluding hydrogens is 300 g/mol. The van der Waals surface area contributed by atoms with Gasteiger partial charge in [0.25, 0.3) is 0 Å². The lowest BCUT2D eigenvalue weighted by atomic mass is 9.98. The Morgan fingerprint density at radius 2 is 1.61 bits per heavy atom. The Hall–Kier alpha value is -2.89. The highest BCUT2D eigenvalue weighted by Gasteiger charge is 2.18. The van der Waals surface area contributed by atoms with Gasteiger partial charge in [0.15, 0.2) is 17.3 Å². The van der Waals surface area contributed by atoms with E-state index in [1.807, 2.05) is 6.92 Å². The van der Waals surface area contributed by atoms with Crippen LogP contribution in [0.4, 0.5) is 0 Å². The van der Waals surface area contributed by atoms with E-state index >= 15 is 0 Å². The van der Waals surface area contributed by atoms with Crippen LogP contribution in [0.1, 0.15) is 27.9 Å². The summed E-state index contributed by atoms with van der Waals surface area (Å²) in [6.45, 7) is 1.83. The highest BCUT2D eigenvalue weighted by atomic mass is 16.5. The molecule has 0 aliphatic rings. The Balaban J connectivity index is 2.19. The predicted molar refractivity (Wildman–Crippen MR) is 83.5 cm³/mol. The van der Waals surface area contributed by atoms with Gasteiger partial charge in [-0.2, -0.15) is 0 Å². The number of carbonyl (C=O) groups is 1. The summed E-state index contributed by atoms with van der Waals surface area (Å²) in [5.74, 6) is -1.40. The molecule has 0 fully saturated rings. The zero-order chi connectivity index (χ0) is 17.1. The molecule has 6 nitrogen and oxygen atoms in total. The van der Waals surface area contributed by atoms with E-state index in [0.29, 0.717) is 12.2 Å². The van der Waals surface area contributed by atoms with Gasteiger partial charge in [0.05, 0.1) is 7.11 Å². The second kappa shape index (κ2) is 6.48. The smallest absolute Gasteiger partial charge is 0.170 e. The molecule has 2 rings (SSSR count). The molecule has 0 aliphatic heterocycles. The van der Waals surface area contributed by atoms with Gasteiger partial charge in [-0.05, 0) is 36.6 Å². The lowest BCUT2D eigenvalue weighted by Crippen LogP contribution is -2.03. The van der Waals surface area contributed by atoms with Crippen molar-refractivity contribution in [2.75, 3.05) is 7.11 Å². The minimum atomic E-state index is -0.471. The predicted octanol–water partition coefficient (Wildman–Crippen LogP) is 2.64. The van der Waals surface area contributed by atoms with Gasteiger partial charge < -0.3 is 25.2 Å². The fraction of sp³-hybridized carbons (Fsp3) is 0.235. The molecule has 0 atom stereocenters. The lowest BCUT2D eigenvalue weighted by molar-refractivity contribution is 0.0977. The van der Waals surface area contributed by atoms with Crippen LogP contribution in [-0.4, -0.2) is 33.3 Å². The number of ketones is 1. The Morgan fingerprint density at radius 1 is 1.00 bits per heavy atom. The van der Waals surface area contributed by atoms with Crippen molar-refractivity contribution in [1.82, 2.24) is 0 Å². The molecule has 0 bridgehead atoms. The Labute approximate surface area is 133 Å². The second-order valence-corrected chi connectivity index (χ2v) is 5.23. The number of hydrogen-bond acceptors (Lipinski definition) is 6. The molecule has 4 N–H and O–H groups in total. The Bertz CT molecular complexity index is 728. The second-order valence-electron chi connectivity index (χ2n) is 5.23. The first kappa shape index (κ1) is 16.5. The van der Waals surface area contributed by atoms with E-state index in [4.69, 9.17) is 4.74 Å². The minimum absolute atomic E-state index is 0.0177. The van der Waals surface area contributed by atoms with Crippen molar-refractivity contribution in [2.24, 2.45) is 0 Å². The maximum absolute atomic E-state index is 12.2. The highest BCUT2D eigenvalue weighted by Crippen LogP contribution is 2.34. The van der Waals surface area contributed by atoms with Gasteiger partial charge in [-0.25, -0.2) is 0 Å². The van der Waals surface area contributed by atoms with E-state index in [1.165, 1.54) is 13.2 Å². The zero-order valence-electron chi connectivity index (χ0n) is 12.8. The fourth-order valence-corrected chi connectivity index (χ4v) is 2.40. The van der Waals surface area contributed by atoms with Gasteiger partial charge >= 0.3 is 0 Å². The van der Waals surface area contributed by atoms with Crippen molar-refractivity contribution >= 4 is 5.78 Å². The van der Waals surface area contributed by atoms with Crippen molar-refractivity contribution in [3.63, 3.8) is 0 Å². The van der Waals surface area contributed by atoms with Crippen LogP contribution in [0.25, 0.3) is 0 Å². The van der Waals surface area contributed by atoms with Crippen LogP contribution in [0.3, 0.4) is 0 Å². The van der Waals surface area contributed by atoms with Gasteiger partial charge in [-0.15, -0.1) is 0 Å². The van der Waals surface area contributed by atoms with E-state index in [-0.39, 0.29) is 23.5 Å². The summed E-state index contributed by atoms with van der Waals surface area (Å²) >= 11 is 0. The van der Waals surface area contributed by atoms with Gasteiger partial charge in [-0.3, -0.25) is 4.79 Å². The largest absolute Gasteiger partial charge is 0.508 e. The molecule has 2 aromatic carbocycles. The number of methoxy groups -OCH3 is 1. The zero-order valence-corrected chi connectivity index (χ0v) is 12.8. The number of carbonyl (C=O) groups excluding carboxylic acids is 1. The summed E-state index contributed by atoms with van der Waals surface area (Å²) in [6.07, 6.45) is 0.348. The first-order chi connectivity index (χ1) is 10.8. The number of phenols is 4. The number of ether oxygens (including phenoxy) is 1. The number of hydrogen-bond donors (Lipinski definition) is 4. The molecule has 0 radical (unpaired) electrons. The molecule has 6 heteroatoms. The topological polar surface area (TPSA) is 107 Å². The molecule has 0 spiro atoms. The lowest BCUT2D eigenvalue weighted by Gasteiger charge is -2.11. The summed E-state index contributed by atoms with van der Waals surface area (Å²) in [5.41, 5.74) is 1.39. The van der Waals surface area contributed by atoms with E-state index < -0.39 is 17.3 Å². The maximum atomic E-state index is 12.2. The summed E-state index contributed by atoms with van der Waals surface area (Å²) in [6, 6.07) is 5.19. The van der Waals surface area contributed by atoms with Crippen molar-refractivity contribution < 1.29 is 30.0 Å². The third kappa shape index (κ3) is 3.48. The number of aryl methyl sites for hydroxylation is 2.